The first-order chi connectivity index (χ1) is 14.1. The molecule has 1 saturated heterocycles. The molecule has 2 aromatic carbocycles. The fourth-order valence-corrected chi connectivity index (χ4v) is 3.78. The first-order valence-corrected chi connectivity index (χ1v) is 10.4. The number of carbonyl (C=O) groups excluding carboxylic acids is 1. The van der Waals surface area contributed by atoms with Crippen LogP contribution in [0.5, 0.6) is 0 Å². The smallest absolute Gasteiger partial charge is 0.338 e. The molecule has 0 aromatic heterocycles. The summed E-state index contributed by atoms with van der Waals surface area (Å²) in [7, 11) is 0. The maximum atomic E-state index is 12.1. The van der Waals surface area contributed by atoms with Crippen molar-refractivity contribution in [1.29, 1.82) is 0 Å². The number of hydrogen-bond donors (Lipinski definition) is 2. The fourth-order valence-electron chi connectivity index (χ4n) is 3.78. The van der Waals surface area contributed by atoms with E-state index in [1.807, 2.05) is 42.5 Å². The van der Waals surface area contributed by atoms with Crippen molar-refractivity contribution in [2.45, 2.75) is 57.3 Å². The van der Waals surface area contributed by atoms with E-state index in [9.17, 15) is 15.0 Å². The van der Waals surface area contributed by atoms with Crippen molar-refractivity contribution in [2.24, 2.45) is 0 Å². The first-order valence-electron chi connectivity index (χ1n) is 10.4. The molecule has 1 aliphatic rings. The van der Waals surface area contributed by atoms with Gasteiger partial charge in [0.15, 0.2) is 0 Å². The third-order valence-electron chi connectivity index (χ3n) is 5.40. The van der Waals surface area contributed by atoms with Gasteiger partial charge in [0, 0.05) is 6.61 Å². The van der Waals surface area contributed by atoms with Crippen LogP contribution in [0, 0.1) is 0 Å². The molecule has 0 saturated carbocycles. The van der Waals surface area contributed by atoms with Gasteiger partial charge in [0.25, 0.3) is 0 Å². The molecular formula is C24H30O5. The number of aryl methyl sites for hydroxylation is 1. The van der Waals surface area contributed by atoms with Crippen LogP contribution < -0.4 is 0 Å². The van der Waals surface area contributed by atoms with Crippen molar-refractivity contribution in [1.82, 2.24) is 0 Å². The van der Waals surface area contributed by atoms with Crippen LogP contribution in [0.25, 0.3) is 0 Å². The molecule has 0 aliphatic carbocycles. The Morgan fingerprint density at radius 1 is 1.14 bits per heavy atom. The van der Waals surface area contributed by atoms with Gasteiger partial charge in [-0.15, -0.1) is 0 Å². The normalized spacial score (nSPS) is 18.8. The summed E-state index contributed by atoms with van der Waals surface area (Å²) in [6.07, 6.45) is 2.40. The topological polar surface area (TPSA) is 76.0 Å². The highest BCUT2D eigenvalue weighted by Gasteiger charge is 2.24. The largest absolute Gasteiger partial charge is 0.462 e. The van der Waals surface area contributed by atoms with Crippen LogP contribution in [-0.2, 0) is 15.9 Å². The van der Waals surface area contributed by atoms with E-state index in [0.29, 0.717) is 31.6 Å². The summed E-state index contributed by atoms with van der Waals surface area (Å²) in [5, 5.41) is 21.4. The second kappa shape index (κ2) is 10.5. The van der Waals surface area contributed by atoms with Gasteiger partial charge in [-0.05, 0) is 61.8 Å². The average Bonchev–Trinajstić information content (AvgIpc) is 2.78. The summed E-state index contributed by atoms with van der Waals surface area (Å²) in [4.78, 5) is 12.1. The lowest BCUT2D eigenvalue weighted by Crippen LogP contribution is -2.26. The van der Waals surface area contributed by atoms with E-state index in [-0.39, 0.29) is 12.1 Å². The van der Waals surface area contributed by atoms with Gasteiger partial charge >= 0.3 is 5.97 Å². The molecule has 5 nitrogen and oxygen atoms in total. The monoisotopic (exact) mass is 398 g/mol. The molecule has 1 heterocycles. The Kier molecular flexibility index (Phi) is 7.81. The molecule has 0 radical (unpaired) electrons. The standard InChI is InChI=1S/C24H30O5/c1-2-28-24(27)20-11-4-3-8-17(20)13-14-21(25)18-9-7-10-19(16-18)23(26)22-12-5-6-15-29-22/h3-4,7-11,16,21-23,25-26H,2,5-6,12-15H2,1H3/t21-,22?,23?/m0/s1. The molecule has 0 amide bonds. The van der Waals surface area contributed by atoms with Gasteiger partial charge in [-0.1, -0.05) is 42.5 Å². The van der Waals surface area contributed by atoms with E-state index in [1.165, 1.54) is 0 Å². The molecule has 2 unspecified atom stereocenters. The minimum atomic E-state index is -0.690. The van der Waals surface area contributed by atoms with Crippen LogP contribution in [-0.4, -0.2) is 35.5 Å². The second-order valence-corrected chi connectivity index (χ2v) is 7.45. The van der Waals surface area contributed by atoms with Crippen molar-refractivity contribution in [3.8, 4) is 0 Å². The van der Waals surface area contributed by atoms with Gasteiger partial charge in [0.2, 0.25) is 0 Å². The first kappa shape index (κ1) is 21.5. The third-order valence-corrected chi connectivity index (χ3v) is 5.40. The maximum absolute atomic E-state index is 12.1. The molecule has 1 fully saturated rings. The van der Waals surface area contributed by atoms with E-state index in [1.54, 1.807) is 13.0 Å². The molecule has 2 N–H and O–H groups in total. The molecule has 0 spiro atoms. The Morgan fingerprint density at radius 3 is 2.69 bits per heavy atom. The zero-order valence-corrected chi connectivity index (χ0v) is 16.9. The Morgan fingerprint density at radius 2 is 1.93 bits per heavy atom. The molecule has 5 heteroatoms. The van der Waals surface area contributed by atoms with Gasteiger partial charge in [-0.25, -0.2) is 4.79 Å². The number of ether oxygens (including phenoxy) is 2. The van der Waals surface area contributed by atoms with Gasteiger partial charge in [0.05, 0.1) is 24.4 Å². The molecule has 156 valence electrons. The Balaban J connectivity index is 1.66. The predicted octanol–water partition coefficient (Wildman–Crippen LogP) is 4.13. The van der Waals surface area contributed by atoms with Crippen LogP contribution >= 0.6 is 0 Å². The maximum Gasteiger partial charge on any atom is 0.338 e. The van der Waals surface area contributed by atoms with Crippen molar-refractivity contribution < 1.29 is 24.5 Å². The molecule has 29 heavy (non-hydrogen) atoms. The van der Waals surface area contributed by atoms with Crippen LogP contribution in [0.2, 0.25) is 0 Å². The number of hydrogen-bond acceptors (Lipinski definition) is 5. The SMILES string of the molecule is CCOC(=O)c1ccccc1CC[C@H](O)c1cccc(C(O)C2CCCCO2)c1. The summed E-state index contributed by atoms with van der Waals surface area (Å²) in [6, 6.07) is 14.8. The van der Waals surface area contributed by atoms with Crippen molar-refractivity contribution in [3.05, 3.63) is 70.8 Å². The van der Waals surface area contributed by atoms with Crippen LogP contribution in [0.4, 0.5) is 0 Å². The fraction of sp³-hybridized carbons (Fsp3) is 0.458. The van der Waals surface area contributed by atoms with E-state index < -0.39 is 12.2 Å². The van der Waals surface area contributed by atoms with Crippen molar-refractivity contribution in [3.63, 3.8) is 0 Å². The highest BCUT2D eigenvalue weighted by molar-refractivity contribution is 5.91. The number of rotatable bonds is 8. The number of aliphatic hydroxyl groups excluding tert-OH is 2. The van der Waals surface area contributed by atoms with Gasteiger partial charge in [-0.3, -0.25) is 0 Å². The van der Waals surface area contributed by atoms with Crippen LogP contribution in [0.1, 0.15) is 71.9 Å². The Hall–Kier alpha value is -2.21. The summed E-state index contributed by atoms with van der Waals surface area (Å²) < 4.78 is 10.8. The zero-order chi connectivity index (χ0) is 20.6. The predicted molar refractivity (Wildman–Crippen MR) is 111 cm³/mol. The van der Waals surface area contributed by atoms with E-state index >= 15 is 0 Å². The number of esters is 1. The average molecular weight is 398 g/mol. The molecule has 3 rings (SSSR count). The number of benzene rings is 2. The van der Waals surface area contributed by atoms with Crippen molar-refractivity contribution >= 4 is 5.97 Å². The Bertz CT molecular complexity index is 797. The van der Waals surface area contributed by atoms with E-state index in [2.05, 4.69) is 0 Å². The zero-order valence-electron chi connectivity index (χ0n) is 16.9. The number of carbonyl (C=O) groups is 1. The van der Waals surface area contributed by atoms with Crippen LogP contribution in [0.15, 0.2) is 48.5 Å². The third kappa shape index (κ3) is 5.66. The molecule has 3 atom stereocenters. The molecule has 1 aliphatic heterocycles. The van der Waals surface area contributed by atoms with Crippen molar-refractivity contribution in [2.75, 3.05) is 13.2 Å². The lowest BCUT2D eigenvalue weighted by Gasteiger charge is -2.27. The van der Waals surface area contributed by atoms with E-state index in [4.69, 9.17) is 9.47 Å². The van der Waals surface area contributed by atoms with Gasteiger partial charge in [0.1, 0.15) is 6.10 Å². The second-order valence-electron chi connectivity index (χ2n) is 7.45. The number of aliphatic hydroxyl groups is 2. The van der Waals surface area contributed by atoms with Gasteiger partial charge < -0.3 is 19.7 Å². The minimum absolute atomic E-state index is 0.187. The lowest BCUT2D eigenvalue weighted by molar-refractivity contribution is -0.0634. The molecular weight excluding hydrogens is 368 g/mol. The molecule has 0 bridgehead atoms. The summed E-state index contributed by atoms with van der Waals surface area (Å²) in [6.45, 7) is 2.80. The Labute approximate surface area is 172 Å². The molecule has 2 aromatic rings. The summed E-state index contributed by atoms with van der Waals surface area (Å²) >= 11 is 0. The van der Waals surface area contributed by atoms with Gasteiger partial charge in [-0.2, -0.15) is 0 Å². The van der Waals surface area contributed by atoms with E-state index in [0.717, 1.165) is 36.0 Å². The minimum Gasteiger partial charge on any atom is -0.462 e. The highest BCUT2D eigenvalue weighted by Crippen LogP contribution is 2.29. The summed E-state index contributed by atoms with van der Waals surface area (Å²) in [5.41, 5.74) is 2.92. The van der Waals surface area contributed by atoms with Crippen LogP contribution in [0.3, 0.4) is 0 Å². The quantitative estimate of drug-likeness (QED) is 0.654. The lowest BCUT2D eigenvalue weighted by atomic mass is 9.94. The highest BCUT2D eigenvalue weighted by atomic mass is 16.5. The summed E-state index contributed by atoms with van der Waals surface area (Å²) in [5.74, 6) is -0.338.